The second kappa shape index (κ2) is 10.3. The Kier molecular flexibility index (Phi) is 7.74. The number of thioether (sulfide) groups is 1. The largest absolute Gasteiger partial charge is 0.462 e. The highest BCUT2D eigenvalue weighted by Crippen LogP contribution is 2.33. The summed E-state index contributed by atoms with van der Waals surface area (Å²) in [6.07, 6.45) is 0. The number of hydrogen-bond donors (Lipinski definition) is 1. The first-order valence-corrected chi connectivity index (χ1v) is 11.9. The lowest BCUT2D eigenvalue weighted by Crippen LogP contribution is -2.17. The molecule has 1 N–H and O–H groups in total. The molecule has 3 aromatic rings. The number of aromatic nitrogens is 3. The van der Waals surface area contributed by atoms with E-state index in [2.05, 4.69) is 15.5 Å². The van der Waals surface area contributed by atoms with Crippen molar-refractivity contribution in [1.82, 2.24) is 14.8 Å². The number of esters is 1. The van der Waals surface area contributed by atoms with Gasteiger partial charge in [0.15, 0.2) is 11.0 Å². The molecule has 0 aliphatic heterocycles. The first-order valence-electron chi connectivity index (χ1n) is 9.74. The van der Waals surface area contributed by atoms with Gasteiger partial charge in [-0.2, -0.15) is 0 Å². The number of carbonyl (C=O) groups excluding carboxylic acids is 2. The number of thiophene rings is 1. The normalized spacial score (nSPS) is 10.9. The van der Waals surface area contributed by atoms with Gasteiger partial charge in [-0.15, -0.1) is 21.5 Å². The molecule has 0 aliphatic rings. The number of nitrogens with one attached hydrogen (secondary N) is 1. The highest BCUT2D eigenvalue weighted by molar-refractivity contribution is 7.99. The lowest BCUT2D eigenvalue weighted by atomic mass is 10.1. The summed E-state index contributed by atoms with van der Waals surface area (Å²) in [6.45, 7) is 8.43. The summed E-state index contributed by atoms with van der Waals surface area (Å²) in [4.78, 5) is 25.9. The van der Waals surface area contributed by atoms with Crippen LogP contribution in [-0.2, 0) is 16.1 Å². The number of ether oxygens (including phenoxy) is 1. The van der Waals surface area contributed by atoms with Crippen molar-refractivity contribution in [2.24, 2.45) is 0 Å². The maximum absolute atomic E-state index is 12.6. The fourth-order valence-corrected chi connectivity index (χ4v) is 5.04. The van der Waals surface area contributed by atoms with Crippen LogP contribution in [0.3, 0.4) is 0 Å². The Labute approximate surface area is 194 Å². The minimum atomic E-state index is -0.427. The van der Waals surface area contributed by atoms with Gasteiger partial charge in [0, 0.05) is 22.0 Å². The van der Waals surface area contributed by atoms with Crippen LogP contribution in [0.5, 0.6) is 0 Å². The summed E-state index contributed by atoms with van der Waals surface area (Å²) in [6, 6.07) is 7.41. The molecule has 0 unspecified atom stereocenters. The third kappa shape index (κ3) is 5.28. The van der Waals surface area contributed by atoms with Crippen LogP contribution in [0.1, 0.15) is 34.6 Å². The summed E-state index contributed by atoms with van der Waals surface area (Å²) < 4.78 is 7.07. The number of carbonyl (C=O) groups is 2. The van der Waals surface area contributed by atoms with E-state index >= 15 is 0 Å². The Hall–Kier alpha value is -2.36. The van der Waals surface area contributed by atoms with Gasteiger partial charge < -0.3 is 14.6 Å². The van der Waals surface area contributed by atoms with Crippen molar-refractivity contribution < 1.29 is 14.3 Å². The van der Waals surface area contributed by atoms with Gasteiger partial charge in [-0.1, -0.05) is 35.5 Å². The number of benzene rings is 1. The van der Waals surface area contributed by atoms with Gasteiger partial charge in [0.2, 0.25) is 5.91 Å². The van der Waals surface area contributed by atoms with E-state index in [1.165, 1.54) is 23.1 Å². The molecule has 0 bridgehead atoms. The zero-order valence-electron chi connectivity index (χ0n) is 17.7. The lowest BCUT2D eigenvalue weighted by molar-refractivity contribution is -0.113. The molecule has 1 amide bonds. The molecule has 3 rings (SSSR count). The molecule has 2 heterocycles. The monoisotopic (exact) mass is 478 g/mol. The summed E-state index contributed by atoms with van der Waals surface area (Å²) >= 11 is 8.75. The zero-order valence-corrected chi connectivity index (χ0v) is 20.1. The molecule has 0 aliphatic carbocycles. The summed E-state index contributed by atoms with van der Waals surface area (Å²) in [5, 5.41) is 13.1. The quantitative estimate of drug-likeness (QED) is 0.353. The molecule has 0 atom stereocenters. The first kappa shape index (κ1) is 23.3. The average molecular weight is 479 g/mol. The van der Waals surface area contributed by atoms with Gasteiger partial charge in [0.25, 0.3) is 0 Å². The zero-order chi connectivity index (χ0) is 22.5. The number of aryl methyl sites for hydroxylation is 1. The summed E-state index contributed by atoms with van der Waals surface area (Å²) in [5.74, 6) is 0.171. The predicted octanol–water partition coefficient (Wildman–Crippen LogP) is 5.20. The molecule has 0 saturated heterocycles. The van der Waals surface area contributed by atoms with Crippen molar-refractivity contribution in [3.8, 4) is 11.4 Å². The minimum absolute atomic E-state index is 0.131. The standard InChI is InChI=1S/C21H23ClN4O3S2/c1-5-26-18(14-8-7-9-15(22)10-14)24-25-21(26)30-11-16(27)23-19-17(20(28)29-6-2)12(3)13(4)31-19/h7-10H,5-6,11H2,1-4H3,(H,23,27). The molecule has 10 heteroatoms. The number of anilines is 1. The molecule has 0 saturated carbocycles. The van der Waals surface area contributed by atoms with E-state index in [0.29, 0.717) is 33.1 Å². The lowest BCUT2D eigenvalue weighted by Gasteiger charge is -2.09. The van der Waals surface area contributed by atoms with Gasteiger partial charge in [0.1, 0.15) is 5.00 Å². The molecular formula is C21H23ClN4O3S2. The van der Waals surface area contributed by atoms with Gasteiger partial charge in [-0.3, -0.25) is 4.79 Å². The second-order valence-corrected chi connectivity index (χ2v) is 9.21. The SMILES string of the molecule is CCOC(=O)c1c(NC(=O)CSc2nnc(-c3cccc(Cl)c3)n2CC)sc(C)c1C. The topological polar surface area (TPSA) is 86.1 Å². The van der Waals surface area contributed by atoms with Crippen LogP contribution in [0.2, 0.25) is 5.02 Å². The maximum atomic E-state index is 12.6. The van der Waals surface area contributed by atoms with Gasteiger partial charge >= 0.3 is 5.97 Å². The number of halogens is 1. The van der Waals surface area contributed by atoms with E-state index in [0.717, 1.165) is 16.0 Å². The van der Waals surface area contributed by atoms with Gasteiger partial charge in [0.05, 0.1) is 17.9 Å². The van der Waals surface area contributed by atoms with E-state index in [4.69, 9.17) is 16.3 Å². The first-order chi connectivity index (χ1) is 14.8. The minimum Gasteiger partial charge on any atom is -0.462 e. The van der Waals surface area contributed by atoms with E-state index in [1.54, 1.807) is 13.0 Å². The van der Waals surface area contributed by atoms with Crippen LogP contribution >= 0.6 is 34.7 Å². The van der Waals surface area contributed by atoms with E-state index < -0.39 is 5.97 Å². The van der Waals surface area contributed by atoms with Crippen LogP contribution in [0.15, 0.2) is 29.4 Å². The number of amides is 1. The molecule has 0 fully saturated rings. The van der Waals surface area contributed by atoms with Crippen molar-refractivity contribution >= 4 is 51.6 Å². The fraction of sp³-hybridized carbons (Fsp3) is 0.333. The van der Waals surface area contributed by atoms with Crippen LogP contribution < -0.4 is 5.32 Å². The van der Waals surface area contributed by atoms with Gasteiger partial charge in [-0.25, -0.2) is 4.79 Å². The molecule has 7 nitrogen and oxygen atoms in total. The fourth-order valence-electron chi connectivity index (χ4n) is 2.98. The summed E-state index contributed by atoms with van der Waals surface area (Å²) in [5.41, 5.74) is 2.10. The highest BCUT2D eigenvalue weighted by Gasteiger charge is 2.22. The van der Waals surface area contributed by atoms with Crippen molar-refractivity contribution in [3.63, 3.8) is 0 Å². The third-order valence-corrected chi connectivity index (χ3v) is 6.89. The molecule has 31 heavy (non-hydrogen) atoms. The van der Waals surface area contributed by atoms with Crippen molar-refractivity contribution in [2.45, 2.75) is 39.4 Å². The molecule has 2 aromatic heterocycles. The summed E-state index contributed by atoms with van der Waals surface area (Å²) in [7, 11) is 0. The molecule has 0 radical (unpaired) electrons. The van der Waals surface area contributed by atoms with E-state index in [-0.39, 0.29) is 18.3 Å². The smallest absolute Gasteiger partial charge is 0.341 e. The number of hydrogen-bond acceptors (Lipinski definition) is 7. The van der Waals surface area contributed by atoms with E-state index in [9.17, 15) is 9.59 Å². The highest BCUT2D eigenvalue weighted by atomic mass is 35.5. The van der Waals surface area contributed by atoms with Crippen molar-refractivity contribution in [3.05, 3.63) is 45.3 Å². The van der Waals surface area contributed by atoms with Crippen LogP contribution in [0.4, 0.5) is 5.00 Å². The Balaban J connectivity index is 1.73. The Bertz CT molecular complexity index is 1110. The van der Waals surface area contributed by atoms with Crippen molar-refractivity contribution in [1.29, 1.82) is 0 Å². The van der Waals surface area contributed by atoms with Gasteiger partial charge in [-0.05, 0) is 45.4 Å². The molecule has 0 spiro atoms. The van der Waals surface area contributed by atoms with Crippen LogP contribution in [-0.4, -0.2) is 39.0 Å². The maximum Gasteiger partial charge on any atom is 0.341 e. The number of rotatable bonds is 8. The van der Waals surface area contributed by atoms with E-state index in [1.807, 2.05) is 43.5 Å². The number of nitrogens with zero attached hydrogens (tertiary/aromatic N) is 3. The Morgan fingerprint density at radius 1 is 1.26 bits per heavy atom. The second-order valence-electron chi connectivity index (χ2n) is 6.61. The van der Waals surface area contributed by atoms with Crippen molar-refractivity contribution in [2.75, 3.05) is 17.7 Å². The molecular weight excluding hydrogens is 456 g/mol. The van der Waals surface area contributed by atoms with Crippen LogP contribution in [0, 0.1) is 13.8 Å². The average Bonchev–Trinajstić information content (AvgIpc) is 3.27. The molecule has 164 valence electrons. The third-order valence-electron chi connectivity index (χ3n) is 4.57. The van der Waals surface area contributed by atoms with Crippen LogP contribution in [0.25, 0.3) is 11.4 Å². The molecule has 1 aromatic carbocycles. The Morgan fingerprint density at radius 3 is 2.71 bits per heavy atom. The Morgan fingerprint density at radius 2 is 2.03 bits per heavy atom. The predicted molar refractivity (Wildman–Crippen MR) is 125 cm³/mol.